The first-order valence-corrected chi connectivity index (χ1v) is 22.4. The standard InChI is InChI=1S/C47H54FN2O8P/c1-6-32-26-47(32,59(54,55)29-30-13-8-7-9-14-30)27-42(51)41-23-36(28-50(41)45(53)38(46(2,3)4)24-44(52)58-34-17-10-11-18-34)57-43-25-39(31-15-12-16-33(48)21-31)49-40-22-35(56-5)19-20-37(40)43/h6-9,12-16,19-22,25,32,34,36,38,41H,1,10-11,17-18,23-24,26-29H2,2-5H3,(H,54,55)/t32-,36-,38-,41+,47-/m1/s1. The van der Waals surface area contributed by atoms with Gasteiger partial charge in [0.25, 0.3) is 0 Å². The van der Waals surface area contributed by atoms with Crippen molar-refractivity contribution in [1.82, 2.24) is 9.88 Å². The number of pyridine rings is 1. The van der Waals surface area contributed by atoms with E-state index in [2.05, 4.69) is 6.58 Å². The average molecular weight is 825 g/mol. The Balaban J connectivity index is 1.22. The number of hydrogen-bond acceptors (Lipinski definition) is 8. The fraction of sp³-hybridized carbons (Fsp3) is 0.447. The molecule has 2 saturated carbocycles. The Kier molecular flexibility index (Phi) is 12.2. The third-order valence-electron chi connectivity index (χ3n) is 12.4. The van der Waals surface area contributed by atoms with Crippen molar-refractivity contribution >= 4 is 35.9 Å². The van der Waals surface area contributed by atoms with Crippen molar-refractivity contribution in [2.24, 2.45) is 17.3 Å². The van der Waals surface area contributed by atoms with E-state index in [1.807, 2.05) is 45.0 Å². The molecule has 1 saturated heterocycles. The van der Waals surface area contributed by atoms with E-state index in [0.717, 1.165) is 25.7 Å². The van der Waals surface area contributed by atoms with Crippen molar-refractivity contribution in [2.45, 2.75) is 102 Å². The number of ether oxygens (including phenoxy) is 3. The Labute approximate surface area is 345 Å². The van der Waals surface area contributed by atoms with Gasteiger partial charge in [0, 0.05) is 35.9 Å². The number of Topliss-reactive ketones (excluding diaryl/α,β-unsaturated/α-hetero) is 1. The number of fused-ring (bicyclic) bond motifs is 1. The summed E-state index contributed by atoms with van der Waals surface area (Å²) in [4.78, 5) is 61.1. The number of carbonyl (C=O) groups is 3. The molecular formula is C47H54FN2O8P. The highest BCUT2D eigenvalue weighted by Gasteiger charge is 2.65. The van der Waals surface area contributed by atoms with Gasteiger partial charge in [0.1, 0.15) is 29.5 Å². The van der Waals surface area contributed by atoms with Gasteiger partial charge in [0.15, 0.2) is 5.78 Å². The lowest BCUT2D eigenvalue weighted by Gasteiger charge is -2.35. The lowest BCUT2D eigenvalue weighted by atomic mass is 9.77. The number of nitrogens with zero attached hydrogens (tertiary/aromatic N) is 2. The number of hydrogen-bond donors (Lipinski definition) is 1. The number of rotatable bonds is 15. The maximum absolute atomic E-state index is 14.9. The molecule has 12 heteroatoms. The van der Waals surface area contributed by atoms with E-state index in [4.69, 9.17) is 19.2 Å². The summed E-state index contributed by atoms with van der Waals surface area (Å²) in [6, 6.07) is 21.2. The van der Waals surface area contributed by atoms with Gasteiger partial charge in [0.05, 0.1) is 54.6 Å². The molecule has 1 N–H and O–H groups in total. The number of esters is 1. The molecule has 4 aromatic rings. The van der Waals surface area contributed by atoms with Gasteiger partial charge in [-0.1, -0.05) is 69.3 Å². The van der Waals surface area contributed by atoms with Crippen molar-refractivity contribution in [3.8, 4) is 22.8 Å². The summed E-state index contributed by atoms with van der Waals surface area (Å²) in [5.74, 6) is -1.78. The van der Waals surface area contributed by atoms with Crippen molar-refractivity contribution in [3.63, 3.8) is 0 Å². The molecule has 1 aromatic heterocycles. The summed E-state index contributed by atoms with van der Waals surface area (Å²) in [6.45, 7) is 9.62. The fourth-order valence-electron chi connectivity index (χ4n) is 8.94. The minimum absolute atomic E-state index is 0.0213. The van der Waals surface area contributed by atoms with Crippen LogP contribution in [0.1, 0.15) is 77.7 Å². The first-order chi connectivity index (χ1) is 28.1. The third kappa shape index (κ3) is 9.17. The van der Waals surface area contributed by atoms with Crippen LogP contribution in [0.5, 0.6) is 11.5 Å². The average Bonchev–Trinajstić information content (AvgIpc) is 3.45. The summed E-state index contributed by atoms with van der Waals surface area (Å²) in [5, 5.41) is -0.571. The van der Waals surface area contributed by atoms with Crippen LogP contribution in [0.3, 0.4) is 0 Å². The predicted molar refractivity (Wildman–Crippen MR) is 225 cm³/mol. The molecule has 59 heavy (non-hydrogen) atoms. The van der Waals surface area contributed by atoms with Crippen molar-refractivity contribution < 1.29 is 42.4 Å². The van der Waals surface area contributed by atoms with Gasteiger partial charge >= 0.3 is 5.97 Å². The Morgan fingerprint density at radius 2 is 1.78 bits per heavy atom. The molecule has 0 bridgehead atoms. The van der Waals surface area contributed by atoms with E-state index in [0.29, 0.717) is 45.6 Å². The lowest BCUT2D eigenvalue weighted by molar-refractivity contribution is -0.156. The lowest BCUT2D eigenvalue weighted by Crippen LogP contribution is -2.48. The smallest absolute Gasteiger partial charge is 0.306 e. The van der Waals surface area contributed by atoms with Crippen LogP contribution in [0.4, 0.5) is 4.39 Å². The van der Waals surface area contributed by atoms with Crippen LogP contribution in [0.2, 0.25) is 0 Å². The minimum Gasteiger partial charge on any atom is -0.497 e. The Hall–Kier alpha value is -4.86. The van der Waals surface area contributed by atoms with E-state index in [-0.39, 0.29) is 55.7 Å². The number of amides is 1. The SMILES string of the molecule is C=C[C@@H]1C[C@]1(CC(=O)[C@@H]1C[C@@H](Oc2cc(-c3cccc(F)c3)nc3cc(OC)ccc23)CN1C(=O)[C@@H](CC(=O)OC1CCCC1)C(C)(C)C)P(=O)(O)Cc1ccccc1. The van der Waals surface area contributed by atoms with Crippen LogP contribution in [0.15, 0.2) is 91.5 Å². The topological polar surface area (TPSA) is 132 Å². The van der Waals surface area contributed by atoms with Gasteiger partial charge in [-0.2, -0.15) is 0 Å². The molecule has 3 aromatic carbocycles. The molecule has 312 valence electrons. The molecule has 1 aliphatic heterocycles. The monoisotopic (exact) mass is 824 g/mol. The maximum Gasteiger partial charge on any atom is 0.306 e. The van der Waals surface area contributed by atoms with E-state index in [1.165, 1.54) is 17.0 Å². The Morgan fingerprint density at radius 3 is 2.44 bits per heavy atom. The van der Waals surface area contributed by atoms with Crippen LogP contribution in [-0.4, -0.2) is 69.5 Å². The van der Waals surface area contributed by atoms with Crippen LogP contribution >= 0.6 is 7.37 Å². The molecule has 10 nitrogen and oxygen atoms in total. The molecular weight excluding hydrogens is 770 g/mol. The highest BCUT2D eigenvalue weighted by atomic mass is 31.2. The highest BCUT2D eigenvalue weighted by Crippen LogP contribution is 2.74. The van der Waals surface area contributed by atoms with E-state index in [9.17, 15) is 28.2 Å². The zero-order valence-corrected chi connectivity index (χ0v) is 35.2. The molecule has 2 heterocycles. The molecule has 2 aliphatic carbocycles. The van der Waals surface area contributed by atoms with Gasteiger partial charge in [-0.3, -0.25) is 18.9 Å². The van der Waals surface area contributed by atoms with E-state index >= 15 is 0 Å². The van der Waals surface area contributed by atoms with Crippen LogP contribution < -0.4 is 9.47 Å². The highest BCUT2D eigenvalue weighted by molar-refractivity contribution is 7.59. The van der Waals surface area contributed by atoms with Gasteiger partial charge in [0.2, 0.25) is 13.3 Å². The molecule has 3 aliphatic rings. The number of ketones is 1. The van der Waals surface area contributed by atoms with Crippen molar-refractivity contribution in [3.05, 3.63) is 103 Å². The van der Waals surface area contributed by atoms with Crippen LogP contribution in [0, 0.1) is 23.1 Å². The molecule has 0 spiro atoms. The predicted octanol–water partition coefficient (Wildman–Crippen LogP) is 9.31. The number of allylic oxidation sites excluding steroid dienone is 1. The van der Waals surface area contributed by atoms with E-state index < -0.39 is 47.8 Å². The number of benzene rings is 3. The normalized spacial score (nSPS) is 23.4. The zero-order valence-electron chi connectivity index (χ0n) is 34.3. The molecule has 0 radical (unpaired) electrons. The summed E-state index contributed by atoms with van der Waals surface area (Å²) in [5.41, 5.74) is 1.54. The van der Waals surface area contributed by atoms with Gasteiger partial charge in [-0.25, -0.2) is 9.37 Å². The molecule has 6 atom stereocenters. The second kappa shape index (κ2) is 17.0. The zero-order chi connectivity index (χ0) is 42.1. The fourth-order valence-corrected chi connectivity index (χ4v) is 11.5. The summed E-state index contributed by atoms with van der Waals surface area (Å²) in [7, 11) is -2.42. The number of likely N-dealkylation sites (tertiary alicyclic amines) is 1. The van der Waals surface area contributed by atoms with Crippen molar-refractivity contribution in [1.29, 1.82) is 0 Å². The summed E-state index contributed by atoms with van der Waals surface area (Å²) in [6.07, 6.45) is 4.33. The Bertz CT molecular complexity index is 2270. The minimum atomic E-state index is -3.97. The van der Waals surface area contributed by atoms with Gasteiger partial charge in [-0.05, 0) is 73.3 Å². The maximum atomic E-state index is 14.9. The van der Waals surface area contributed by atoms with Crippen LogP contribution in [0.25, 0.3) is 22.2 Å². The third-order valence-corrected chi connectivity index (χ3v) is 15.3. The van der Waals surface area contributed by atoms with Gasteiger partial charge < -0.3 is 24.0 Å². The first-order valence-electron chi connectivity index (χ1n) is 20.5. The molecule has 7 rings (SSSR count). The molecule has 1 unspecified atom stereocenters. The van der Waals surface area contributed by atoms with E-state index in [1.54, 1.807) is 55.7 Å². The number of carbonyl (C=O) groups excluding carboxylic acids is 3. The number of methoxy groups -OCH3 is 1. The summed E-state index contributed by atoms with van der Waals surface area (Å²) >= 11 is 0. The molecule has 1 amide bonds. The van der Waals surface area contributed by atoms with Crippen molar-refractivity contribution in [2.75, 3.05) is 13.7 Å². The second-order valence-electron chi connectivity index (χ2n) is 17.5. The quantitative estimate of drug-likeness (QED) is 0.0708. The second-order valence-corrected chi connectivity index (χ2v) is 20.1. The first kappa shape index (κ1) is 42.3. The summed E-state index contributed by atoms with van der Waals surface area (Å²) < 4.78 is 46.8. The van der Waals surface area contributed by atoms with Crippen LogP contribution in [-0.2, 0) is 29.8 Å². The number of halogens is 1. The largest absolute Gasteiger partial charge is 0.497 e. The number of aromatic nitrogens is 1. The Morgan fingerprint density at radius 1 is 1.03 bits per heavy atom. The molecule has 3 fully saturated rings. The van der Waals surface area contributed by atoms with Gasteiger partial charge in [-0.15, -0.1) is 6.58 Å².